The minimum atomic E-state index is -0.814. The summed E-state index contributed by atoms with van der Waals surface area (Å²) in [5.74, 6) is -2.38. The van der Waals surface area contributed by atoms with Crippen molar-refractivity contribution in [1.29, 1.82) is 0 Å². The fourth-order valence-electron chi connectivity index (χ4n) is 2.62. The molecule has 3 rings (SSSR count). The molecule has 1 heterocycles. The minimum Gasteiger partial charge on any atom is -0.492 e. The Kier molecular flexibility index (Phi) is 4.47. The standard InChI is InChI=1S/C18H15FN2O4/c1-2-25-14-9-4-3-8-13(14)20-15(22)10-21-17(23)11-6-5-7-12(19)16(11)18(21)24/h3-9H,2,10H2,1H3,(H,20,22). The van der Waals surface area contributed by atoms with Crippen molar-refractivity contribution in [1.82, 2.24) is 4.90 Å². The van der Waals surface area contributed by atoms with Gasteiger partial charge in [-0.2, -0.15) is 0 Å². The lowest BCUT2D eigenvalue weighted by molar-refractivity contribution is -0.116. The summed E-state index contributed by atoms with van der Waals surface area (Å²) in [6.45, 7) is 1.72. The number of hydrogen-bond donors (Lipinski definition) is 1. The average Bonchev–Trinajstić information content (AvgIpc) is 2.83. The van der Waals surface area contributed by atoms with E-state index in [9.17, 15) is 18.8 Å². The fourth-order valence-corrected chi connectivity index (χ4v) is 2.62. The highest BCUT2D eigenvalue weighted by Crippen LogP contribution is 2.26. The van der Waals surface area contributed by atoms with Crippen LogP contribution >= 0.6 is 0 Å². The zero-order valence-corrected chi connectivity index (χ0v) is 13.4. The Morgan fingerprint density at radius 3 is 2.60 bits per heavy atom. The van der Waals surface area contributed by atoms with Crippen LogP contribution in [0.1, 0.15) is 27.6 Å². The SMILES string of the molecule is CCOc1ccccc1NC(=O)CN1C(=O)c2cccc(F)c2C1=O. The third-order valence-corrected chi connectivity index (χ3v) is 3.71. The van der Waals surface area contributed by atoms with Crippen LogP contribution in [0, 0.1) is 5.82 Å². The maximum absolute atomic E-state index is 13.8. The molecule has 0 radical (unpaired) electrons. The van der Waals surface area contributed by atoms with Gasteiger partial charge in [-0.1, -0.05) is 18.2 Å². The van der Waals surface area contributed by atoms with Gasteiger partial charge in [-0.15, -0.1) is 0 Å². The summed E-state index contributed by atoms with van der Waals surface area (Å²) in [5, 5.41) is 2.60. The van der Waals surface area contributed by atoms with Crippen LogP contribution in [-0.2, 0) is 4.79 Å². The number of halogens is 1. The third kappa shape index (κ3) is 3.08. The Labute approximate surface area is 143 Å². The predicted molar refractivity (Wildman–Crippen MR) is 88.0 cm³/mol. The molecule has 0 bridgehead atoms. The molecule has 0 unspecified atom stereocenters. The van der Waals surface area contributed by atoms with Crippen molar-refractivity contribution in [3.05, 3.63) is 59.4 Å². The molecular weight excluding hydrogens is 327 g/mol. The monoisotopic (exact) mass is 342 g/mol. The molecule has 6 nitrogen and oxygen atoms in total. The van der Waals surface area contributed by atoms with E-state index in [0.29, 0.717) is 18.0 Å². The number of para-hydroxylation sites is 2. The van der Waals surface area contributed by atoms with Gasteiger partial charge in [-0.25, -0.2) is 4.39 Å². The maximum atomic E-state index is 13.8. The summed E-state index contributed by atoms with van der Waals surface area (Å²) < 4.78 is 19.2. The number of hydrogen-bond acceptors (Lipinski definition) is 4. The number of imide groups is 1. The summed E-state index contributed by atoms with van der Waals surface area (Å²) in [4.78, 5) is 37.5. The van der Waals surface area contributed by atoms with E-state index in [4.69, 9.17) is 4.74 Å². The topological polar surface area (TPSA) is 75.7 Å². The number of benzene rings is 2. The smallest absolute Gasteiger partial charge is 0.265 e. The molecule has 0 fully saturated rings. The van der Waals surface area contributed by atoms with Gasteiger partial charge in [0.25, 0.3) is 11.8 Å². The van der Waals surface area contributed by atoms with E-state index in [-0.39, 0.29) is 11.1 Å². The van der Waals surface area contributed by atoms with Crippen LogP contribution in [0.2, 0.25) is 0 Å². The van der Waals surface area contributed by atoms with Gasteiger partial charge in [0.05, 0.1) is 23.4 Å². The van der Waals surface area contributed by atoms with Crippen LogP contribution in [0.25, 0.3) is 0 Å². The highest BCUT2D eigenvalue weighted by Gasteiger charge is 2.38. The van der Waals surface area contributed by atoms with Crippen LogP contribution in [0.5, 0.6) is 5.75 Å². The molecule has 0 spiro atoms. The fraction of sp³-hybridized carbons (Fsp3) is 0.167. The summed E-state index contributed by atoms with van der Waals surface area (Å²) in [6, 6.07) is 10.6. The second-order valence-electron chi connectivity index (χ2n) is 5.34. The zero-order chi connectivity index (χ0) is 18.0. The Bertz CT molecular complexity index is 866. The minimum absolute atomic E-state index is 0.0347. The first-order valence-corrected chi connectivity index (χ1v) is 7.69. The molecule has 0 saturated heterocycles. The predicted octanol–water partition coefficient (Wildman–Crippen LogP) is 2.46. The molecule has 2 aromatic carbocycles. The molecule has 1 aliphatic heterocycles. The molecule has 2 aromatic rings. The van der Waals surface area contributed by atoms with E-state index in [1.54, 1.807) is 24.3 Å². The van der Waals surface area contributed by atoms with Crippen molar-refractivity contribution < 1.29 is 23.5 Å². The molecular formula is C18H15FN2O4. The largest absolute Gasteiger partial charge is 0.492 e. The van der Waals surface area contributed by atoms with E-state index in [1.807, 2.05) is 6.92 Å². The summed E-state index contributed by atoms with van der Waals surface area (Å²) >= 11 is 0. The van der Waals surface area contributed by atoms with Gasteiger partial charge in [0.1, 0.15) is 18.1 Å². The Hall–Kier alpha value is -3.22. The number of anilines is 1. The molecule has 25 heavy (non-hydrogen) atoms. The van der Waals surface area contributed by atoms with E-state index < -0.39 is 30.1 Å². The lowest BCUT2D eigenvalue weighted by Gasteiger charge is -2.15. The number of amides is 3. The summed E-state index contributed by atoms with van der Waals surface area (Å²) in [5.41, 5.74) is 0.0969. The second-order valence-corrected chi connectivity index (χ2v) is 5.34. The lowest BCUT2D eigenvalue weighted by Crippen LogP contribution is -2.37. The van der Waals surface area contributed by atoms with Crippen LogP contribution < -0.4 is 10.1 Å². The normalized spacial score (nSPS) is 13.0. The van der Waals surface area contributed by atoms with Gasteiger partial charge in [0.15, 0.2) is 0 Å². The first kappa shape index (κ1) is 16.6. The molecule has 3 amide bonds. The van der Waals surface area contributed by atoms with Gasteiger partial charge >= 0.3 is 0 Å². The molecule has 7 heteroatoms. The molecule has 128 valence electrons. The quantitative estimate of drug-likeness (QED) is 0.847. The third-order valence-electron chi connectivity index (χ3n) is 3.71. The first-order chi connectivity index (χ1) is 12.0. The summed E-state index contributed by atoms with van der Waals surface area (Å²) in [6.07, 6.45) is 0. The van der Waals surface area contributed by atoms with E-state index >= 15 is 0 Å². The lowest BCUT2D eigenvalue weighted by atomic mass is 10.1. The second kappa shape index (κ2) is 6.72. The number of nitrogens with one attached hydrogen (secondary N) is 1. The summed E-state index contributed by atoms with van der Waals surface area (Å²) in [7, 11) is 0. The van der Waals surface area contributed by atoms with Crippen LogP contribution in [0.3, 0.4) is 0 Å². The van der Waals surface area contributed by atoms with Crippen LogP contribution in [0.15, 0.2) is 42.5 Å². The molecule has 1 N–H and O–H groups in total. The molecule has 0 aromatic heterocycles. The Morgan fingerprint density at radius 2 is 1.88 bits per heavy atom. The number of carbonyl (C=O) groups is 3. The maximum Gasteiger partial charge on any atom is 0.265 e. The van der Waals surface area contributed by atoms with Crippen molar-refractivity contribution in [2.45, 2.75) is 6.92 Å². The number of nitrogens with zero attached hydrogens (tertiary/aromatic N) is 1. The zero-order valence-electron chi connectivity index (χ0n) is 13.4. The molecule has 0 atom stereocenters. The van der Waals surface area contributed by atoms with E-state index in [2.05, 4.69) is 5.32 Å². The first-order valence-electron chi connectivity index (χ1n) is 7.69. The highest BCUT2D eigenvalue weighted by molar-refractivity contribution is 6.22. The van der Waals surface area contributed by atoms with Gasteiger partial charge in [0.2, 0.25) is 5.91 Å². The van der Waals surface area contributed by atoms with Crippen molar-refractivity contribution >= 4 is 23.4 Å². The Balaban J connectivity index is 1.76. The number of carbonyl (C=O) groups excluding carboxylic acids is 3. The Morgan fingerprint density at radius 1 is 1.12 bits per heavy atom. The molecule has 0 aliphatic carbocycles. The number of ether oxygens (including phenoxy) is 1. The van der Waals surface area contributed by atoms with Crippen molar-refractivity contribution in [3.63, 3.8) is 0 Å². The van der Waals surface area contributed by atoms with Crippen molar-refractivity contribution in [2.75, 3.05) is 18.5 Å². The van der Waals surface area contributed by atoms with E-state index in [0.717, 1.165) is 11.0 Å². The van der Waals surface area contributed by atoms with Crippen molar-refractivity contribution in [3.8, 4) is 5.75 Å². The van der Waals surface area contributed by atoms with Crippen molar-refractivity contribution in [2.24, 2.45) is 0 Å². The van der Waals surface area contributed by atoms with Gasteiger partial charge in [0, 0.05) is 0 Å². The average molecular weight is 342 g/mol. The highest BCUT2D eigenvalue weighted by atomic mass is 19.1. The number of fused-ring (bicyclic) bond motifs is 1. The van der Waals surface area contributed by atoms with Gasteiger partial charge in [-0.05, 0) is 31.2 Å². The van der Waals surface area contributed by atoms with Gasteiger partial charge in [-0.3, -0.25) is 19.3 Å². The van der Waals surface area contributed by atoms with Crippen LogP contribution in [-0.4, -0.2) is 35.8 Å². The van der Waals surface area contributed by atoms with E-state index in [1.165, 1.54) is 12.1 Å². The molecule has 1 aliphatic rings. The molecule has 0 saturated carbocycles. The van der Waals surface area contributed by atoms with Crippen LogP contribution in [0.4, 0.5) is 10.1 Å². The van der Waals surface area contributed by atoms with Gasteiger partial charge < -0.3 is 10.1 Å². The number of rotatable bonds is 5.